The first-order chi connectivity index (χ1) is 7.29. The average Bonchev–Trinajstić information content (AvgIpc) is 2.29. The molecular formula is C12H12N2O. The maximum Gasteiger partial charge on any atom is 0.0722 e. The van der Waals surface area contributed by atoms with E-state index in [9.17, 15) is 0 Å². The Morgan fingerprint density at radius 1 is 1.20 bits per heavy atom. The van der Waals surface area contributed by atoms with E-state index in [2.05, 4.69) is 4.98 Å². The fraction of sp³-hybridized carbons (Fsp3) is 0.0833. The van der Waals surface area contributed by atoms with E-state index in [-0.39, 0.29) is 6.61 Å². The molecule has 76 valence electrons. The minimum atomic E-state index is 0.0379. The van der Waals surface area contributed by atoms with Crippen molar-refractivity contribution in [3.8, 4) is 11.3 Å². The van der Waals surface area contributed by atoms with Gasteiger partial charge in [-0.05, 0) is 23.8 Å². The topological polar surface area (TPSA) is 59.1 Å². The molecule has 1 heterocycles. The Labute approximate surface area is 88.2 Å². The van der Waals surface area contributed by atoms with Crippen LogP contribution >= 0.6 is 0 Å². The number of nitrogen functional groups attached to an aromatic ring is 1. The van der Waals surface area contributed by atoms with E-state index in [1.807, 2.05) is 30.3 Å². The summed E-state index contributed by atoms with van der Waals surface area (Å²) in [5.41, 5.74) is 9.03. The van der Waals surface area contributed by atoms with Crippen LogP contribution in [-0.4, -0.2) is 10.1 Å². The number of hydrogen-bond acceptors (Lipinski definition) is 3. The van der Waals surface area contributed by atoms with Gasteiger partial charge in [0.15, 0.2) is 0 Å². The van der Waals surface area contributed by atoms with Gasteiger partial charge in [-0.2, -0.15) is 0 Å². The molecule has 2 aromatic rings. The summed E-state index contributed by atoms with van der Waals surface area (Å²) < 4.78 is 0. The normalized spacial score (nSPS) is 10.2. The van der Waals surface area contributed by atoms with E-state index in [0.29, 0.717) is 5.69 Å². The van der Waals surface area contributed by atoms with Crippen LogP contribution in [0.1, 0.15) is 5.56 Å². The van der Waals surface area contributed by atoms with Crippen molar-refractivity contribution in [1.82, 2.24) is 4.98 Å². The predicted octanol–water partition coefficient (Wildman–Crippen LogP) is 1.82. The second-order valence-corrected chi connectivity index (χ2v) is 3.33. The fourth-order valence-corrected chi connectivity index (χ4v) is 1.43. The Kier molecular flexibility index (Phi) is 2.65. The third-order valence-corrected chi connectivity index (χ3v) is 2.19. The highest BCUT2D eigenvalue weighted by Crippen LogP contribution is 2.19. The number of aliphatic hydroxyl groups is 1. The van der Waals surface area contributed by atoms with E-state index >= 15 is 0 Å². The Morgan fingerprint density at radius 2 is 2.07 bits per heavy atom. The number of nitrogens with two attached hydrogens (primary N) is 1. The molecule has 2 rings (SSSR count). The highest BCUT2D eigenvalue weighted by molar-refractivity contribution is 5.63. The summed E-state index contributed by atoms with van der Waals surface area (Å²) >= 11 is 0. The van der Waals surface area contributed by atoms with E-state index in [1.165, 1.54) is 0 Å². The first-order valence-electron chi connectivity index (χ1n) is 4.71. The van der Waals surface area contributed by atoms with Crippen LogP contribution in [-0.2, 0) is 6.61 Å². The molecule has 0 spiro atoms. The SMILES string of the molecule is Nc1ccnc(-c2cccc(CO)c2)c1. The average molecular weight is 200 g/mol. The molecule has 0 aliphatic heterocycles. The smallest absolute Gasteiger partial charge is 0.0722 e. The molecule has 0 radical (unpaired) electrons. The van der Waals surface area contributed by atoms with Gasteiger partial charge in [-0.3, -0.25) is 4.98 Å². The number of rotatable bonds is 2. The third kappa shape index (κ3) is 2.14. The molecule has 0 fully saturated rings. The molecule has 3 N–H and O–H groups in total. The number of benzene rings is 1. The molecule has 0 unspecified atom stereocenters. The Morgan fingerprint density at radius 3 is 2.80 bits per heavy atom. The van der Waals surface area contributed by atoms with Gasteiger partial charge < -0.3 is 10.8 Å². The molecule has 0 saturated carbocycles. The minimum Gasteiger partial charge on any atom is -0.399 e. The highest BCUT2D eigenvalue weighted by atomic mass is 16.3. The maximum absolute atomic E-state index is 9.02. The Hall–Kier alpha value is -1.87. The van der Waals surface area contributed by atoms with Crippen molar-refractivity contribution in [3.63, 3.8) is 0 Å². The van der Waals surface area contributed by atoms with Crippen molar-refractivity contribution in [2.45, 2.75) is 6.61 Å². The second kappa shape index (κ2) is 4.11. The number of aliphatic hydroxyl groups excluding tert-OH is 1. The molecule has 0 amide bonds. The number of hydrogen-bond donors (Lipinski definition) is 2. The lowest BCUT2D eigenvalue weighted by Crippen LogP contribution is -1.89. The van der Waals surface area contributed by atoms with Crippen molar-refractivity contribution in [2.24, 2.45) is 0 Å². The maximum atomic E-state index is 9.02. The van der Waals surface area contributed by atoms with Crippen LogP contribution in [0.2, 0.25) is 0 Å². The molecule has 0 bridgehead atoms. The van der Waals surface area contributed by atoms with Crippen LogP contribution in [0.3, 0.4) is 0 Å². The predicted molar refractivity (Wildman–Crippen MR) is 60.0 cm³/mol. The van der Waals surface area contributed by atoms with Crippen LogP contribution in [0.5, 0.6) is 0 Å². The standard InChI is InChI=1S/C12H12N2O/c13-11-4-5-14-12(7-11)10-3-1-2-9(6-10)8-15/h1-7,15H,8H2,(H2,13,14). The zero-order valence-electron chi connectivity index (χ0n) is 8.22. The van der Waals surface area contributed by atoms with E-state index in [0.717, 1.165) is 16.8 Å². The third-order valence-electron chi connectivity index (χ3n) is 2.19. The number of nitrogens with zero attached hydrogens (tertiary/aromatic N) is 1. The first-order valence-corrected chi connectivity index (χ1v) is 4.71. The lowest BCUT2D eigenvalue weighted by atomic mass is 10.1. The Balaban J connectivity index is 2.44. The highest BCUT2D eigenvalue weighted by Gasteiger charge is 2.00. The quantitative estimate of drug-likeness (QED) is 0.777. The van der Waals surface area contributed by atoms with Crippen LogP contribution in [0.4, 0.5) is 5.69 Å². The molecule has 0 atom stereocenters. The summed E-state index contributed by atoms with van der Waals surface area (Å²) in [4.78, 5) is 4.22. The van der Waals surface area contributed by atoms with E-state index in [4.69, 9.17) is 10.8 Å². The van der Waals surface area contributed by atoms with Gasteiger partial charge in [0.05, 0.1) is 12.3 Å². The summed E-state index contributed by atoms with van der Waals surface area (Å²) in [6.07, 6.45) is 1.68. The van der Waals surface area contributed by atoms with E-state index < -0.39 is 0 Å². The van der Waals surface area contributed by atoms with Crippen molar-refractivity contribution in [1.29, 1.82) is 0 Å². The zero-order chi connectivity index (χ0) is 10.7. The van der Waals surface area contributed by atoms with Crippen LogP contribution in [0.25, 0.3) is 11.3 Å². The second-order valence-electron chi connectivity index (χ2n) is 3.33. The first kappa shape index (κ1) is 9.68. The molecular weight excluding hydrogens is 188 g/mol. The summed E-state index contributed by atoms with van der Waals surface area (Å²) in [6, 6.07) is 11.2. The molecule has 0 saturated heterocycles. The molecule has 15 heavy (non-hydrogen) atoms. The summed E-state index contributed by atoms with van der Waals surface area (Å²) in [5, 5.41) is 9.02. The van der Waals surface area contributed by atoms with Crippen LogP contribution in [0, 0.1) is 0 Å². The number of aromatic nitrogens is 1. The summed E-state index contributed by atoms with van der Waals surface area (Å²) in [7, 11) is 0. The Bertz CT molecular complexity index is 469. The van der Waals surface area contributed by atoms with Gasteiger partial charge in [-0.1, -0.05) is 18.2 Å². The van der Waals surface area contributed by atoms with Crippen LogP contribution in [0.15, 0.2) is 42.6 Å². The van der Waals surface area contributed by atoms with Gasteiger partial charge in [-0.25, -0.2) is 0 Å². The zero-order valence-corrected chi connectivity index (χ0v) is 8.22. The lowest BCUT2D eigenvalue weighted by Gasteiger charge is -2.03. The largest absolute Gasteiger partial charge is 0.399 e. The minimum absolute atomic E-state index is 0.0379. The van der Waals surface area contributed by atoms with Gasteiger partial charge >= 0.3 is 0 Å². The summed E-state index contributed by atoms with van der Waals surface area (Å²) in [6.45, 7) is 0.0379. The number of anilines is 1. The molecule has 0 aliphatic rings. The van der Waals surface area contributed by atoms with Gasteiger partial charge in [0.1, 0.15) is 0 Å². The van der Waals surface area contributed by atoms with Gasteiger partial charge in [0.25, 0.3) is 0 Å². The van der Waals surface area contributed by atoms with E-state index in [1.54, 1.807) is 12.3 Å². The van der Waals surface area contributed by atoms with Crippen molar-refractivity contribution in [3.05, 3.63) is 48.2 Å². The summed E-state index contributed by atoms with van der Waals surface area (Å²) in [5.74, 6) is 0. The molecule has 0 aliphatic carbocycles. The fourth-order valence-electron chi connectivity index (χ4n) is 1.43. The van der Waals surface area contributed by atoms with Crippen molar-refractivity contribution >= 4 is 5.69 Å². The van der Waals surface area contributed by atoms with Crippen LogP contribution < -0.4 is 5.73 Å². The monoisotopic (exact) mass is 200 g/mol. The van der Waals surface area contributed by atoms with Gasteiger partial charge in [-0.15, -0.1) is 0 Å². The molecule has 1 aromatic carbocycles. The van der Waals surface area contributed by atoms with Gasteiger partial charge in [0, 0.05) is 17.4 Å². The van der Waals surface area contributed by atoms with Crippen molar-refractivity contribution < 1.29 is 5.11 Å². The molecule has 1 aromatic heterocycles. The number of pyridine rings is 1. The van der Waals surface area contributed by atoms with Gasteiger partial charge in [0.2, 0.25) is 0 Å². The lowest BCUT2D eigenvalue weighted by molar-refractivity contribution is 0.282. The van der Waals surface area contributed by atoms with Crippen molar-refractivity contribution in [2.75, 3.05) is 5.73 Å². The molecule has 3 nitrogen and oxygen atoms in total. The molecule has 3 heteroatoms.